The quantitative estimate of drug-likeness (QED) is 0.797. The topological polar surface area (TPSA) is 32.8 Å². The molecule has 1 aromatic carbocycles. The molecule has 0 bridgehead atoms. The number of carbonyl (C=O) groups is 1. The van der Waals surface area contributed by atoms with Gasteiger partial charge in [0, 0.05) is 38.3 Å². The molecule has 130 valence electrons. The predicted molar refractivity (Wildman–Crippen MR) is 96.7 cm³/mol. The van der Waals surface area contributed by atoms with E-state index in [0.717, 1.165) is 69.9 Å². The van der Waals surface area contributed by atoms with Gasteiger partial charge in [0.15, 0.2) is 0 Å². The Kier molecular flexibility index (Phi) is 6.05. The molecule has 2 fully saturated rings. The molecule has 0 aromatic heterocycles. The van der Waals surface area contributed by atoms with Crippen LogP contribution in [0.5, 0.6) is 0 Å². The average molecular weight is 328 g/mol. The van der Waals surface area contributed by atoms with Crippen LogP contribution < -0.4 is 0 Å². The van der Waals surface area contributed by atoms with Gasteiger partial charge >= 0.3 is 0 Å². The van der Waals surface area contributed by atoms with E-state index in [1.165, 1.54) is 0 Å². The van der Waals surface area contributed by atoms with Gasteiger partial charge in [-0.3, -0.25) is 9.69 Å². The number of hydrogen-bond donors (Lipinski definition) is 0. The van der Waals surface area contributed by atoms with Crippen LogP contribution in [0, 0.1) is 5.92 Å². The van der Waals surface area contributed by atoms with Crippen LogP contribution in [0.1, 0.15) is 25.3 Å². The molecule has 0 saturated carbocycles. The molecule has 3 rings (SSSR count). The molecule has 2 saturated heterocycles. The molecule has 1 amide bonds. The first-order valence-corrected chi connectivity index (χ1v) is 9.05. The summed E-state index contributed by atoms with van der Waals surface area (Å²) in [5, 5.41) is 0. The van der Waals surface area contributed by atoms with Gasteiger partial charge in [-0.05, 0) is 37.3 Å². The molecule has 0 atom stereocenters. The summed E-state index contributed by atoms with van der Waals surface area (Å²) in [6, 6.07) is 10.1. The normalized spacial score (nSPS) is 21.0. The molecule has 4 heteroatoms. The Morgan fingerprint density at radius 3 is 2.46 bits per heavy atom. The van der Waals surface area contributed by atoms with E-state index < -0.39 is 0 Å². The van der Waals surface area contributed by atoms with Crippen molar-refractivity contribution in [3.63, 3.8) is 0 Å². The predicted octanol–water partition coefficient (Wildman–Crippen LogP) is 2.66. The van der Waals surface area contributed by atoms with Gasteiger partial charge in [-0.2, -0.15) is 0 Å². The fraction of sp³-hybridized carbons (Fsp3) is 0.550. The Balaban J connectivity index is 1.48. The minimum atomic E-state index is 0.184. The maximum atomic E-state index is 12.6. The zero-order valence-corrected chi connectivity index (χ0v) is 14.6. The van der Waals surface area contributed by atoms with Crippen molar-refractivity contribution in [3.05, 3.63) is 41.5 Å². The molecule has 0 aliphatic carbocycles. The van der Waals surface area contributed by atoms with Crippen LogP contribution in [0.15, 0.2) is 35.9 Å². The first-order valence-electron chi connectivity index (χ1n) is 9.05. The molecule has 24 heavy (non-hydrogen) atoms. The summed E-state index contributed by atoms with van der Waals surface area (Å²) in [6.07, 6.45) is 4.21. The van der Waals surface area contributed by atoms with E-state index in [-0.39, 0.29) is 5.91 Å². The minimum absolute atomic E-state index is 0.184. The minimum Gasteiger partial charge on any atom is -0.379 e. The first-order chi connectivity index (χ1) is 11.7. The Morgan fingerprint density at radius 2 is 1.79 bits per heavy atom. The number of likely N-dealkylation sites (tertiary alicyclic amines) is 1. The highest BCUT2D eigenvalue weighted by Crippen LogP contribution is 2.21. The number of benzene rings is 1. The van der Waals surface area contributed by atoms with Crippen LogP contribution in [0.25, 0.3) is 6.08 Å². The molecule has 0 N–H and O–H groups in total. The monoisotopic (exact) mass is 328 g/mol. The van der Waals surface area contributed by atoms with E-state index in [1.54, 1.807) is 0 Å². The number of ether oxygens (including phenoxy) is 1. The van der Waals surface area contributed by atoms with E-state index in [9.17, 15) is 4.79 Å². The van der Waals surface area contributed by atoms with Gasteiger partial charge in [0.2, 0.25) is 5.91 Å². The zero-order chi connectivity index (χ0) is 16.8. The lowest BCUT2D eigenvalue weighted by atomic mass is 9.95. The number of rotatable bonds is 4. The lowest BCUT2D eigenvalue weighted by Crippen LogP contribution is -2.44. The molecule has 2 aliphatic rings. The van der Waals surface area contributed by atoms with Crippen LogP contribution >= 0.6 is 0 Å². The van der Waals surface area contributed by atoms with Crippen molar-refractivity contribution in [2.45, 2.75) is 19.8 Å². The van der Waals surface area contributed by atoms with Gasteiger partial charge in [0.05, 0.1) is 13.2 Å². The maximum Gasteiger partial charge on any atom is 0.249 e. The van der Waals surface area contributed by atoms with Gasteiger partial charge in [0.25, 0.3) is 0 Å². The van der Waals surface area contributed by atoms with Crippen molar-refractivity contribution >= 4 is 12.0 Å². The third kappa shape index (κ3) is 4.68. The highest BCUT2D eigenvalue weighted by atomic mass is 16.5. The summed E-state index contributed by atoms with van der Waals surface area (Å²) in [5.41, 5.74) is 1.92. The first kappa shape index (κ1) is 17.2. The van der Waals surface area contributed by atoms with Crippen molar-refractivity contribution in [1.29, 1.82) is 0 Å². The van der Waals surface area contributed by atoms with Gasteiger partial charge in [-0.25, -0.2) is 0 Å². The summed E-state index contributed by atoms with van der Waals surface area (Å²) < 4.78 is 5.41. The van der Waals surface area contributed by atoms with E-state index in [1.807, 2.05) is 48.2 Å². The van der Waals surface area contributed by atoms with Gasteiger partial charge in [-0.1, -0.05) is 30.3 Å². The summed E-state index contributed by atoms with van der Waals surface area (Å²) >= 11 is 0. The van der Waals surface area contributed by atoms with Crippen molar-refractivity contribution in [1.82, 2.24) is 9.80 Å². The van der Waals surface area contributed by atoms with E-state index in [0.29, 0.717) is 5.92 Å². The number of nitrogens with zero attached hydrogens (tertiary/aromatic N) is 2. The van der Waals surface area contributed by atoms with Crippen molar-refractivity contribution in [3.8, 4) is 0 Å². The third-order valence-electron chi connectivity index (χ3n) is 5.04. The Hall–Kier alpha value is -1.65. The molecule has 2 heterocycles. The van der Waals surface area contributed by atoms with Crippen LogP contribution in [0.2, 0.25) is 0 Å². The highest BCUT2D eigenvalue weighted by molar-refractivity contribution is 5.97. The molecular formula is C20H28N2O2. The van der Waals surface area contributed by atoms with Crippen LogP contribution in [-0.2, 0) is 9.53 Å². The van der Waals surface area contributed by atoms with E-state index >= 15 is 0 Å². The number of piperidine rings is 1. The van der Waals surface area contributed by atoms with Crippen LogP contribution in [-0.4, -0.2) is 61.6 Å². The highest BCUT2D eigenvalue weighted by Gasteiger charge is 2.25. The third-order valence-corrected chi connectivity index (χ3v) is 5.04. The number of morpholine rings is 1. The average Bonchev–Trinajstić information content (AvgIpc) is 2.63. The molecule has 0 radical (unpaired) electrons. The van der Waals surface area contributed by atoms with E-state index in [2.05, 4.69) is 4.90 Å². The number of amides is 1. The second-order valence-electron chi connectivity index (χ2n) is 6.89. The van der Waals surface area contributed by atoms with Crippen LogP contribution in [0.3, 0.4) is 0 Å². The summed E-state index contributed by atoms with van der Waals surface area (Å²) in [5.74, 6) is 0.897. The summed E-state index contributed by atoms with van der Waals surface area (Å²) in [6.45, 7) is 8.68. The molecule has 2 aliphatic heterocycles. The summed E-state index contributed by atoms with van der Waals surface area (Å²) in [4.78, 5) is 17.2. The van der Waals surface area contributed by atoms with E-state index in [4.69, 9.17) is 4.74 Å². The molecule has 0 unspecified atom stereocenters. The zero-order valence-electron chi connectivity index (χ0n) is 14.6. The molecular weight excluding hydrogens is 300 g/mol. The van der Waals surface area contributed by atoms with Gasteiger partial charge in [-0.15, -0.1) is 0 Å². The second-order valence-corrected chi connectivity index (χ2v) is 6.89. The van der Waals surface area contributed by atoms with Gasteiger partial charge in [0.1, 0.15) is 0 Å². The fourth-order valence-corrected chi connectivity index (χ4v) is 3.58. The largest absolute Gasteiger partial charge is 0.379 e. The molecule has 1 aromatic rings. The van der Waals surface area contributed by atoms with Crippen molar-refractivity contribution in [2.24, 2.45) is 5.92 Å². The SMILES string of the molecule is C/C(=C\c1ccccc1)C(=O)N1CCC(CN2CCOCC2)CC1. The molecule has 4 nitrogen and oxygen atoms in total. The lowest BCUT2D eigenvalue weighted by Gasteiger charge is -2.36. The second kappa shape index (κ2) is 8.45. The maximum absolute atomic E-state index is 12.6. The summed E-state index contributed by atoms with van der Waals surface area (Å²) in [7, 11) is 0. The van der Waals surface area contributed by atoms with Gasteiger partial charge < -0.3 is 9.64 Å². The van der Waals surface area contributed by atoms with Crippen molar-refractivity contribution < 1.29 is 9.53 Å². The lowest BCUT2D eigenvalue weighted by molar-refractivity contribution is -0.128. The Labute approximate surface area is 145 Å². The number of hydrogen-bond acceptors (Lipinski definition) is 3. The number of carbonyl (C=O) groups excluding carboxylic acids is 1. The Morgan fingerprint density at radius 1 is 1.12 bits per heavy atom. The molecule has 0 spiro atoms. The smallest absolute Gasteiger partial charge is 0.249 e. The fourth-order valence-electron chi connectivity index (χ4n) is 3.58. The van der Waals surface area contributed by atoms with Crippen LogP contribution in [0.4, 0.5) is 0 Å². The standard InChI is InChI=1S/C20H28N2O2/c1-17(15-18-5-3-2-4-6-18)20(23)22-9-7-19(8-10-22)16-21-11-13-24-14-12-21/h2-6,15,19H,7-14,16H2,1H3/b17-15+. The Bertz CT molecular complexity index is 556. The van der Waals surface area contributed by atoms with Crippen molar-refractivity contribution in [2.75, 3.05) is 45.9 Å².